The fraction of sp³-hybridized carbons (Fsp3) is 0.571. The molecule has 106 valence electrons. The summed E-state index contributed by atoms with van der Waals surface area (Å²) in [5.74, 6) is -0.102. The minimum atomic E-state index is -0.102. The molecule has 1 aromatic heterocycles. The van der Waals surface area contributed by atoms with Crippen molar-refractivity contribution in [3.05, 3.63) is 28.5 Å². The van der Waals surface area contributed by atoms with Gasteiger partial charge in [-0.15, -0.1) is 0 Å². The van der Waals surface area contributed by atoms with Gasteiger partial charge in [-0.3, -0.25) is 4.79 Å². The van der Waals surface area contributed by atoms with Crippen LogP contribution in [0.1, 0.15) is 36.3 Å². The molecule has 1 aromatic rings. The normalized spacial score (nSPS) is 12.5. The average molecular weight is 284 g/mol. The van der Waals surface area contributed by atoms with E-state index >= 15 is 0 Å². The lowest BCUT2D eigenvalue weighted by Crippen LogP contribution is -2.38. The summed E-state index contributed by atoms with van der Waals surface area (Å²) in [4.78, 5) is 18.3. The second-order valence-electron chi connectivity index (χ2n) is 4.94. The van der Waals surface area contributed by atoms with Crippen LogP contribution in [0.2, 0.25) is 5.15 Å². The zero-order valence-corrected chi connectivity index (χ0v) is 12.8. The lowest BCUT2D eigenvalue weighted by molar-refractivity contribution is 0.0943. The predicted octanol–water partition coefficient (Wildman–Crippen LogP) is 2.37. The molecule has 0 bridgehead atoms. The second-order valence-corrected chi connectivity index (χ2v) is 5.33. The van der Waals surface area contributed by atoms with Crippen molar-refractivity contribution in [1.29, 1.82) is 0 Å². The quantitative estimate of drug-likeness (QED) is 0.815. The number of aromatic nitrogens is 1. The van der Waals surface area contributed by atoms with Crippen molar-refractivity contribution in [3.63, 3.8) is 0 Å². The number of nitrogens with one attached hydrogen (secondary N) is 1. The number of carbonyl (C=O) groups is 1. The molecule has 19 heavy (non-hydrogen) atoms. The minimum absolute atomic E-state index is 0.102. The summed E-state index contributed by atoms with van der Waals surface area (Å²) in [5.41, 5.74) is 1.44. The zero-order chi connectivity index (χ0) is 14.4. The molecular formula is C14H22ClN3O. The maximum absolute atomic E-state index is 12.1. The first-order valence-corrected chi connectivity index (χ1v) is 6.93. The van der Waals surface area contributed by atoms with Crippen LogP contribution in [0, 0.1) is 0 Å². The molecule has 5 heteroatoms. The van der Waals surface area contributed by atoms with E-state index in [4.69, 9.17) is 11.6 Å². The Hall–Kier alpha value is -1.13. The molecule has 0 aromatic carbocycles. The molecule has 0 fully saturated rings. The largest absolute Gasteiger partial charge is 0.350 e. The predicted molar refractivity (Wildman–Crippen MR) is 78.7 cm³/mol. The number of rotatable bonds is 6. The molecule has 1 unspecified atom stereocenters. The van der Waals surface area contributed by atoms with Gasteiger partial charge in [-0.2, -0.15) is 0 Å². The number of hydrogen-bond donors (Lipinski definition) is 1. The molecule has 0 saturated heterocycles. The molecule has 0 aliphatic carbocycles. The molecule has 1 N–H and O–H groups in total. The van der Waals surface area contributed by atoms with E-state index in [2.05, 4.69) is 29.0 Å². The van der Waals surface area contributed by atoms with Crippen molar-refractivity contribution in [1.82, 2.24) is 15.2 Å². The number of pyridine rings is 1. The van der Waals surface area contributed by atoms with Gasteiger partial charge in [0.1, 0.15) is 5.15 Å². The first-order chi connectivity index (χ1) is 8.93. The molecule has 1 rings (SSSR count). The molecule has 1 atom stereocenters. The number of aryl methyl sites for hydroxylation is 1. The van der Waals surface area contributed by atoms with Crippen molar-refractivity contribution in [2.24, 2.45) is 0 Å². The van der Waals surface area contributed by atoms with Gasteiger partial charge in [0.15, 0.2) is 0 Å². The molecule has 1 amide bonds. The van der Waals surface area contributed by atoms with Gasteiger partial charge in [0.2, 0.25) is 0 Å². The third-order valence-corrected chi connectivity index (χ3v) is 3.25. The number of nitrogens with zero attached hydrogens (tertiary/aromatic N) is 2. The summed E-state index contributed by atoms with van der Waals surface area (Å²) in [6, 6.07) is 3.71. The van der Waals surface area contributed by atoms with Gasteiger partial charge in [-0.25, -0.2) is 4.98 Å². The van der Waals surface area contributed by atoms with Crippen LogP contribution in [-0.4, -0.2) is 42.5 Å². The van der Waals surface area contributed by atoms with Gasteiger partial charge in [-0.1, -0.05) is 24.9 Å². The van der Waals surface area contributed by atoms with E-state index in [0.717, 1.165) is 18.5 Å². The van der Waals surface area contributed by atoms with Crippen molar-refractivity contribution in [2.45, 2.75) is 32.7 Å². The highest BCUT2D eigenvalue weighted by molar-refractivity contribution is 6.29. The lowest BCUT2D eigenvalue weighted by atomic mass is 10.1. The highest BCUT2D eigenvalue weighted by Crippen LogP contribution is 2.12. The number of carbonyl (C=O) groups excluding carboxylic acids is 1. The van der Waals surface area contributed by atoms with Gasteiger partial charge in [0.05, 0.1) is 0 Å². The molecular weight excluding hydrogens is 262 g/mol. The number of hydrogen-bond acceptors (Lipinski definition) is 3. The monoisotopic (exact) mass is 283 g/mol. The van der Waals surface area contributed by atoms with E-state index in [0.29, 0.717) is 17.3 Å². The van der Waals surface area contributed by atoms with E-state index in [-0.39, 0.29) is 11.9 Å². The standard InChI is InChI=1S/C14H22ClN3O/c1-5-6-12-7-11(8-13(15)17-12)14(19)16-9-10(2)18(3)4/h7-8,10H,5-6,9H2,1-4H3,(H,16,19). The van der Waals surface area contributed by atoms with Crippen molar-refractivity contribution in [2.75, 3.05) is 20.6 Å². The summed E-state index contributed by atoms with van der Waals surface area (Å²) in [6.45, 7) is 4.73. The first kappa shape index (κ1) is 15.9. The zero-order valence-electron chi connectivity index (χ0n) is 12.0. The third-order valence-electron chi connectivity index (χ3n) is 3.06. The molecule has 0 radical (unpaired) electrons. The SMILES string of the molecule is CCCc1cc(C(=O)NCC(C)N(C)C)cc(Cl)n1. The number of halogens is 1. The Morgan fingerprint density at radius 3 is 2.74 bits per heavy atom. The highest BCUT2D eigenvalue weighted by Gasteiger charge is 2.11. The van der Waals surface area contributed by atoms with Gasteiger partial charge in [0, 0.05) is 23.8 Å². The Labute approximate surface area is 120 Å². The summed E-state index contributed by atoms with van der Waals surface area (Å²) in [7, 11) is 3.97. The first-order valence-electron chi connectivity index (χ1n) is 6.55. The maximum Gasteiger partial charge on any atom is 0.251 e. The van der Waals surface area contributed by atoms with Crippen molar-refractivity contribution in [3.8, 4) is 0 Å². The van der Waals surface area contributed by atoms with Crippen LogP contribution in [0.5, 0.6) is 0 Å². The summed E-state index contributed by atoms with van der Waals surface area (Å²) < 4.78 is 0. The van der Waals surface area contributed by atoms with E-state index in [1.807, 2.05) is 20.2 Å². The molecule has 0 aliphatic heterocycles. The smallest absolute Gasteiger partial charge is 0.251 e. The minimum Gasteiger partial charge on any atom is -0.350 e. The second kappa shape index (κ2) is 7.46. The fourth-order valence-electron chi connectivity index (χ4n) is 1.59. The Morgan fingerprint density at radius 2 is 2.16 bits per heavy atom. The lowest BCUT2D eigenvalue weighted by Gasteiger charge is -2.20. The van der Waals surface area contributed by atoms with E-state index in [9.17, 15) is 4.79 Å². The van der Waals surface area contributed by atoms with Gasteiger partial charge >= 0.3 is 0 Å². The van der Waals surface area contributed by atoms with Crippen LogP contribution < -0.4 is 5.32 Å². The van der Waals surface area contributed by atoms with Crippen molar-refractivity contribution < 1.29 is 4.79 Å². The molecule has 0 spiro atoms. The Kier molecular flexibility index (Phi) is 6.25. The summed E-state index contributed by atoms with van der Waals surface area (Å²) >= 11 is 5.94. The Bertz CT molecular complexity index is 435. The van der Waals surface area contributed by atoms with E-state index in [1.165, 1.54) is 0 Å². The van der Waals surface area contributed by atoms with Crippen LogP contribution in [-0.2, 0) is 6.42 Å². The topological polar surface area (TPSA) is 45.2 Å². The third kappa shape index (κ3) is 5.17. The number of amides is 1. The maximum atomic E-state index is 12.1. The van der Waals surface area contributed by atoms with Crippen LogP contribution in [0.4, 0.5) is 0 Å². The molecule has 4 nitrogen and oxygen atoms in total. The average Bonchev–Trinajstić information content (AvgIpc) is 2.35. The Morgan fingerprint density at radius 1 is 1.47 bits per heavy atom. The van der Waals surface area contributed by atoms with Crippen LogP contribution in [0.3, 0.4) is 0 Å². The van der Waals surface area contributed by atoms with E-state index in [1.54, 1.807) is 6.07 Å². The van der Waals surface area contributed by atoms with Gasteiger partial charge in [0.25, 0.3) is 5.91 Å². The van der Waals surface area contributed by atoms with Crippen LogP contribution in [0.25, 0.3) is 0 Å². The van der Waals surface area contributed by atoms with Crippen LogP contribution in [0.15, 0.2) is 12.1 Å². The summed E-state index contributed by atoms with van der Waals surface area (Å²) in [5, 5.41) is 3.28. The van der Waals surface area contributed by atoms with E-state index < -0.39 is 0 Å². The number of likely N-dealkylation sites (N-methyl/N-ethyl adjacent to an activating group) is 1. The fourth-order valence-corrected chi connectivity index (χ4v) is 1.82. The highest BCUT2D eigenvalue weighted by atomic mass is 35.5. The molecule has 0 aliphatic rings. The molecule has 1 heterocycles. The Balaban J connectivity index is 2.71. The summed E-state index contributed by atoms with van der Waals surface area (Å²) in [6.07, 6.45) is 1.81. The van der Waals surface area contributed by atoms with Gasteiger partial charge < -0.3 is 10.2 Å². The van der Waals surface area contributed by atoms with Crippen molar-refractivity contribution >= 4 is 17.5 Å². The molecule has 0 saturated carbocycles. The van der Waals surface area contributed by atoms with Crippen LogP contribution >= 0.6 is 11.6 Å². The van der Waals surface area contributed by atoms with Gasteiger partial charge in [-0.05, 0) is 39.6 Å².